The Morgan fingerprint density at radius 2 is 2.31 bits per heavy atom. The minimum Gasteiger partial charge on any atom is -0.488 e. The van der Waals surface area contributed by atoms with Gasteiger partial charge in [0.15, 0.2) is 0 Å². The minimum absolute atomic E-state index is 0.553. The Morgan fingerprint density at radius 3 is 2.85 bits per heavy atom. The predicted molar refractivity (Wildman–Crippen MR) is 64.5 cm³/mol. The zero-order chi connectivity index (χ0) is 9.84. The summed E-state index contributed by atoms with van der Waals surface area (Å²) in [5.41, 5.74) is 1.01. The van der Waals surface area contributed by atoms with E-state index >= 15 is 0 Å². The van der Waals surface area contributed by atoms with E-state index in [1.165, 1.54) is 0 Å². The van der Waals surface area contributed by atoms with Gasteiger partial charge in [-0.15, -0.1) is 0 Å². The Morgan fingerprint density at radius 1 is 1.62 bits per heavy atom. The molecule has 0 fully saturated rings. The van der Waals surface area contributed by atoms with Crippen molar-refractivity contribution in [2.24, 2.45) is 0 Å². The van der Waals surface area contributed by atoms with Crippen molar-refractivity contribution < 1.29 is 4.74 Å². The normalized spacial score (nSPS) is 9.77. The first-order chi connectivity index (χ1) is 6.09. The van der Waals surface area contributed by atoms with Crippen LogP contribution in [0.4, 0.5) is 0 Å². The molecule has 0 atom stereocenters. The zero-order valence-corrected chi connectivity index (χ0v) is 10.2. The first-order valence-corrected chi connectivity index (χ1v) is 5.27. The third kappa shape index (κ3) is 3.56. The summed E-state index contributed by atoms with van der Waals surface area (Å²) in [6, 6.07) is 5.56. The van der Waals surface area contributed by atoms with Gasteiger partial charge < -0.3 is 4.74 Å². The van der Waals surface area contributed by atoms with E-state index in [4.69, 9.17) is 16.3 Å². The molecule has 0 amide bonds. The molecule has 0 saturated carbocycles. The smallest absolute Gasteiger partial charge is 0.133 e. The molecule has 0 radical (unpaired) electrons. The van der Waals surface area contributed by atoms with Crippen LogP contribution >= 0.6 is 34.2 Å². The maximum absolute atomic E-state index is 5.80. The molecule has 1 nitrogen and oxygen atoms in total. The fourth-order valence-corrected chi connectivity index (χ4v) is 1.82. The van der Waals surface area contributed by atoms with E-state index < -0.39 is 0 Å². The van der Waals surface area contributed by atoms with Crippen molar-refractivity contribution in [3.05, 3.63) is 38.9 Å². The van der Waals surface area contributed by atoms with Crippen LogP contribution < -0.4 is 4.74 Å². The van der Waals surface area contributed by atoms with E-state index in [1.54, 1.807) is 0 Å². The monoisotopic (exact) mass is 308 g/mol. The van der Waals surface area contributed by atoms with E-state index in [2.05, 4.69) is 29.2 Å². The van der Waals surface area contributed by atoms with Crippen LogP contribution in [0.5, 0.6) is 5.75 Å². The summed E-state index contributed by atoms with van der Waals surface area (Å²) in [4.78, 5) is 0. The molecule has 0 aromatic heterocycles. The lowest BCUT2D eigenvalue weighted by molar-refractivity contribution is 0.350. The molecule has 0 aliphatic heterocycles. The van der Waals surface area contributed by atoms with E-state index in [1.807, 2.05) is 25.1 Å². The molecule has 1 aromatic carbocycles. The Kier molecular flexibility index (Phi) is 4.06. The second kappa shape index (κ2) is 4.86. The molecular weight excluding hydrogens is 298 g/mol. The van der Waals surface area contributed by atoms with E-state index in [0.29, 0.717) is 6.61 Å². The first kappa shape index (κ1) is 10.9. The highest BCUT2D eigenvalue weighted by atomic mass is 127. The van der Waals surface area contributed by atoms with Crippen molar-refractivity contribution in [3.63, 3.8) is 0 Å². The summed E-state index contributed by atoms with van der Waals surface area (Å²) < 4.78 is 6.51. The number of benzene rings is 1. The Hall–Kier alpha value is -0.220. The van der Waals surface area contributed by atoms with Gasteiger partial charge in [0.1, 0.15) is 12.4 Å². The summed E-state index contributed by atoms with van der Waals surface area (Å²) >= 11 is 8.00. The van der Waals surface area contributed by atoms with E-state index in [9.17, 15) is 0 Å². The Balaban J connectivity index is 2.72. The SMILES string of the molecule is C=C(C)COc1ccc(Cl)cc1I. The molecular formula is C10H10ClIO. The van der Waals surface area contributed by atoms with Crippen LogP contribution in [0.25, 0.3) is 0 Å². The fraction of sp³-hybridized carbons (Fsp3) is 0.200. The number of hydrogen-bond acceptors (Lipinski definition) is 1. The molecule has 1 rings (SSSR count). The Bertz CT molecular complexity index is 323. The molecule has 0 aliphatic rings. The number of halogens is 2. The average molecular weight is 309 g/mol. The molecule has 0 unspecified atom stereocenters. The molecule has 0 saturated heterocycles. The molecule has 0 heterocycles. The van der Waals surface area contributed by atoms with Gasteiger partial charge in [0, 0.05) is 5.02 Å². The third-order valence-electron chi connectivity index (χ3n) is 1.37. The van der Waals surface area contributed by atoms with Gasteiger partial charge in [-0.1, -0.05) is 18.2 Å². The second-order valence-electron chi connectivity index (χ2n) is 2.82. The highest BCUT2D eigenvalue weighted by Crippen LogP contribution is 2.24. The summed E-state index contributed by atoms with van der Waals surface area (Å²) in [5.74, 6) is 0.855. The molecule has 70 valence electrons. The summed E-state index contributed by atoms with van der Waals surface area (Å²) in [6.45, 7) is 6.25. The molecule has 0 N–H and O–H groups in total. The van der Waals surface area contributed by atoms with Crippen LogP contribution in [0.2, 0.25) is 5.02 Å². The average Bonchev–Trinajstić information content (AvgIpc) is 2.02. The van der Waals surface area contributed by atoms with Crippen molar-refractivity contribution in [2.45, 2.75) is 6.92 Å². The molecule has 1 aromatic rings. The highest BCUT2D eigenvalue weighted by molar-refractivity contribution is 14.1. The van der Waals surface area contributed by atoms with Gasteiger partial charge in [0.05, 0.1) is 3.57 Å². The first-order valence-electron chi connectivity index (χ1n) is 3.82. The quantitative estimate of drug-likeness (QED) is 0.608. The van der Waals surface area contributed by atoms with Crippen molar-refractivity contribution >= 4 is 34.2 Å². The van der Waals surface area contributed by atoms with Crippen LogP contribution in [0.1, 0.15) is 6.92 Å². The van der Waals surface area contributed by atoms with E-state index in [-0.39, 0.29) is 0 Å². The molecule has 3 heteroatoms. The zero-order valence-electron chi connectivity index (χ0n) is 7.31. The topological polar surface area (TPSA) is 9.23 Å². The Labute approximate surface area is 96.9 Å². The van der Waals surface area contributed by atoms with Gasteiger partial charge in [0.2, 0.25) is 0 Å². The predicted octanol–water partition coefficient (Wildman–Crippen LogP) is 3.90. The van der Waals surface area contributed by atoms with Gasteiger partial charge in [-0.3, -0.25) is 0 Å². The largest absolute Gasteiger partial charge is 0.488 e. The van der Waals surface area contributed by atoms with Crippen LogP contribution in [0.3, 0.4) is 0 Å². The van der Waals surface area contributed by atoms with Gasteiger partial charge in [-0.05, 0) is 53.3 Å². The van der Waals surface area contributed by atoms with Gasteiger partial charge in [0.25, 0.3) is 0 Å². The van der Waals surface area contributed by atoms with Gasteiger partial charge in [-0.2, -0.15) is 0 Å². The standard InChI is InChI=1S/C10H10ClIO/c1-7(2)6-13-10-4-3-8(11)5-9(10)12/h3-5H,1,6H2,2H3. The number of rotatable bonds is 3. The van der Waals surface area contributed by atoms with Gasteiger partial charge >= 0.3 is 0 Å². The fourth-order valence-electron chi connectivity index (χ4n) is 0.793. The minimum atomic E-state index is 0.553. The number of ether oxygens (including phenoxy) is 1. The van der Waals surface area contributed by atoms with Crippen LogP contribution in [-0.4, -0.2) is 6.61 Å². The van der Waals surface area contributed by atoms with E-state index in [0.717, 1.165) is 19.9 Å². The van der Waals surface area contributed by atoms with Crippen molar-refractivity contribution in [3.8, 4) is 5.75 Å². The van der Waals surface area contributed by atoms with Crippen LogP contribution in [-0.2, 0) is 0 Å². The molecule has 0 spiro atoms. The van der Waals surface area contributed by atoms with Crippen molar-refractivity contribution in [1.29, 1.82) is 0 Å². The summed E-state index contributed by atoms with van der Waals surface area (Å²) in [5, 5.41) is 0.729. The second-order valence-corrected chi connectivity index (χ2v) is 4.42. The molecule has 0 aliphatic carbocycles. The summed E-state index contributed by atoms with van der Waals surface area (Å²) in [6.07, 6.45) is 0. The van der Waals surface area contributed by atoms with Crippen LogP contribution in [0.15, 0.2) is 30.4 Å². The lowest BCUT2D eigenvalue weighted by atomic mass is 10.3. The maximum atomic E-state index is 5.80. The third-order valence-corrected chi connectivity index (χ3v) is 2.45. The maximum Gasteiger partial charge on any atom is 0.133 e. The lowest BCUT2D eigenvalue weighted by Crippen LogP contribution is -1.98. The molecule has 13 heavy (non-hydrogen) atoms. The van der Waals surface area contributed by atoms with Gasteiger partial charge in [-0.25, -0.2) is 0 Å². The van der Waals surface area contributed by atoms with Crippen LogP contribution in [0, 0.1) is 3.57 Å². The van der Waals surface area contributed by atoms with Crippen molar-refractivity contribution in [2.75, 3.05) is 6.61 Å². The number of hydrogen-bond donors (Lipinski definition) is 0. The van der Waals surface area contributed by atoms with Crippen molar-refractivity contribution in [1.82, 2.24) is 0 Å². The molecule has 0 bridgehead atoms. The summed E-state index contributed by atoms with van der Waals surface area (Å²) in [7, 11) is 0. The lowest BCUT2D eigenvalue weighted by Gasteiger charge is -2.07. The highest BCUT2D eigenvalue weighted by Gasteiger charge is 2.00.